The molecule has 1 fully saturated rings. The molecule has 1 aliphatic carbocycles. The van der Waals surface area contributed by atoms with Gasteiger partial charge in [0, 0.05) is 6.04 Å². The van der Waals surface area contributed by atoms with Crippen molar-refractivity contribution in [2.24, 2.45) is 0 Å². The van der Waals surface area contributed by atoms with Gasteiger partial charge in [-0.1, -0.05) is 12.8 Å². The number of carbonyl (C=O) groups is 1. The Morgan fingerprint density at radius 2 is 2.12 bits per heavy atom. The molecule has 2 rings (SSSR count). The Morgan fingerprint density at radius 1 is 1.41 bits per heavy atom. The summed E-state index contributed by atoms with van der Waals surface area (Å²) in [4.78, 5) is 11.3. The minimum Gasteiger partial charge on any atom is -0.465 e. The summed E-state index contributed by atoms with van der Waals surface area (Å²) in [5.74, 6) is -0.357. The molecule has 17 heavy (non-hydrogen) atoms. The van der Waals surface area contributed by atoms with Crippen molar-refractivity contribution in [3.05, 3.63) is 23.8 Å². The van der Waals surface area contributed by atoms with Crippen LogP contribution in [-0.2, 0) is 4.74 Å². The first-order valence-corrected chi connectivity index (χ1v) is 5.95. The Morgan fingerprint density at radius 3 is 2.71 bits per heavy atom. The van der Waals surface area contributed by atoms with Crippen molar-refractivity contribution < 1.29 is 9.53 Å². The number of benzene rings is 1. The number of ether oxygens (including phenoxy) is 1. The van der Waals surface area contributed by atoms with Gasteiger partial charge in [-0.3, -0.25) is 0 Å². The quantitative estimate of drug-likeness (QED) is 0.622. The third-order valence-corrected chi connectivity index (χ3v) is 3.19. The standard InChI is InChI=1S/C13H18N2O2/c1-17-13(16)9-6-7-12(11(14)8-9)15-10-4-2-3-5-10/h6-8,10,15H,2-5,14H2,1H3. The Labute approximate surface area is 101 Å². The van der Waals surface area contributed by atoms with Crippen LogP contribution in [0.15, 0.2) is 18.2 Å². The second kappa shape index (κ2) is 5.08. The molecular formula is C13H18N2O2. The molecule has 0 saturated heterocycles. The van der Waals surface area contributed by atoms with Crippen LogP contribution in [0.1, 0.15) is 36.0 Å². The topological polar surface area (TPSA) is 64.3 Å². The summed E-state index contributed by atoms with van der Waals surface area (Å²) in [6.45, 7) is 0. The molecule has 0 aliphatic heterocycles. The van der Waals surface area contributed by atoms with Gasteiger partial charge in [-0.25, -0.2) is 4.79 Å². The number of hydrogen-bond donors (Lipinski definition) is 2. The number of hydrogen-bond acceptors (Lipinski definition) is 4. The van der Waals surface area contributed by atoms with Gasteiger partial charge in [-0.15, -0.1) is 0 Å². The first-order valence-electron chi connectivity index (χ1n) is 5.95. The van der Waals surface area contributed by atoms with Crippen molar-refractivity contribution in [2.45, 2.75) is 31.7 Å². The molecule has 0 atom stereocenters. The lowest BCUT2D eigenvalue weighted by atomic mass is 10.1. The Hall–Kier alpha value is -1.71. The van der Waals surface area contributed by atoms with Gasteiger partial charge in [0.05, 0.1) is 24.0 Å². The summed E-state index contributed by atoms with van der Waals surface area (Å²) < 4.78 is 4.65. The molecule has 0 spiro atoms. The molecule has 92 valence electrons. The van der Waals surface area contributed by atoms with Crippen LogP contribution >= 0.6 is 0 Å². The number of methoxy groups -OCH3 is 1. The molecule has 1 aromatic rings. The van der Waals surface area contributed by atoms with Crippen LogP contribution in [0.5, 0.6) is 0 Å². The molecule has 1 saturated carbocycles. The normalized spacial score (nSPS) is 15.8. The lowest BCUT2D eigenvalue weighted by molar-refractivity contribution is 0.0601. The van der Waals surface area contributed by atoms with Crippen LogP contribution in [0.25, 0.3) is 0 Å². The predicted octanol–water partition coefficient (Wildman–Crippen LogP) is 2.41. The third kappa shape index (κ3) is 2.70. The van der Waals surface area contributed by atoms with Gasteiger partial charge in [0.15, 0.2) is 0 Å². The smallest absolute Gasteiger partial charge is 0.337 e. The predicted molar refractivity (Wildman–Crippen MR) is 68.1 cm³/mol. The van der Waals surface area contributed by atoms with Crippen molar-refractivity contribution in [1.82, 2.24) is 0 Å². The van der Waals surface area contributed by atoms with E-state index in [0.717, 1.165) is 5.69 Å². The minimum atomic E-state index is -0.357. The van der Waals surface area contributed by atoms with Crippen molar-refractivity contribution >= 4 is 17.3 Å². The molecule has 0 heterocycles. The molecule has 0 radical (unpaired) electrons. The maximum atomic E-state index is 11.3. The molecule has 4 heteroatoms. The summed E-state index contributed by atoms with van der Waals surface area (Å²) >= 11 is 0. The Bertz CT molecular complexity index is 412. The number of rotatable bonds is 3. The van der Waals surface area contributed by atoms with Crippen molar-refractivity contribution in [2.75, 3.05) is 18.2 Å². The first kappa shape index (κ1) is 11.8. The van der Waals surface area contributed by atoms with E-state index in [4.69, 9.17) is 5.73 Å². The van der Waals surface area contributed by atoms with Gasteiger partial charge < -0.3 is 15.8 Å². The third-order valence-electron chi connectivity index (χ3n) is 3.19. The zero-order valence-corrected chi connectivity index (χ0v) is 10.0. The summed E-state index contributed by atoms with van der Waals surface area (Å²) in [7, 11) is 1.36. The summed E-state index contributed by atoms with van der Waals surface area (Å²) in [6.07, 6.45) is 4.94. The second-order valence-corrected chi connectivity index (χ2v) is 4.42. The van der Waals surface area contributed by atoms with E-state index in [1.54, 1.807) is 12.1 Å². The molecule has 1 aromatic carbocycles. The Kier molecular flexibility index (Phi) is 3.52. The highest BCUT2D eigenvalue weighted by Crippen LogP contribution is 2.26. The number of esters is 1. The maximum absolute atomic E-state index is 11.3. The van der Waals surface area contributed by atoms with E-state index in [1.807, 2.05) is 6.07 Å². The fourth-order valence-electron chi connectivity index (χ4n) is 2.23. The maximum Gasteiger partial charge on any atom is 0.337 e. The van der Waals surface area contributed by atoms with Gasteiger partial charge in [0.1, 0.15) is 0 Å². The fourth-order valence-corrected chi connectivity index (χ4v) is 2.23. The van der Waals surface area contributed by atoms with Crippen LogP contribution < -0.4 is 11.1 Å². The van der Waals surface area contributed by atoms with E-state index in [9.17, 15) is 4.79 Å². The number of nitrogens with two attached hydrogens (primary N) is 1. The van der Waals surface area contributed by atoms with Crippen LogP contribution in [0.3, 0.4) is 0 Å². The minimum absolute atomic E-state index is 0.357. The van der Waals surface area contributed by atoms with Gasteiger partial charge in [0.25, 0.3) is 0 Å². The van der Waals surface area contributed by atoms with Crippen LogP contribution in [0, 0.1) is 0 Å². The molecule has 3 N–H and O–H groups in total. The average molecular weight is 234 g/mol. The fraction of sp³-hybridized carbons (Fsp3) is 0.462. The second-order valence-electron chi connectivity index (χ2n) is 4.42. The van der Waals surface area contributed by atoms with E-state index in [1.165, 1.54) is 32.8 Å². The molecule has 4 nitrogen and oxygen atoms in total. The van der Waals surface area contributed by atoms with Crippen LogP contribution in [0.2, 0.25) is 0 Å². The van der Waals surface area contributed by atoms with Crippen molar-refractivity contribution in [3.8, 4) is 0 Å². The summed E-state index contributed by atoms with van der Waals surface area (Å²) in [6, 6.07) is 5.75. The largest absolute Gasteiger partial charge is 0.465 e. The van der Waals surface area contributed by atoms with E-state index in [-0.39, 0.29) is 5.97 Å². The Balaban J connectivity index is 2.10. The van der Waals surface area contributed by atoms with E-state index < -0.39 is 0 Å². The SMILES string of the molecule is COC(=O)c1ccc(NC2CCCC2)c(N)c1. The number of carbonyl (C=O) groups excluding carboxylic acids is 1. The number of nitrogens with one attached hydrogen (secondary N) is 1. The number of anilines is 2. The highest BCUT2D eigenvalue weighted by atomic mass is 16.5. The van der Waals surface area contributed by atoms with E-state index >= 15 is 0 Å². The lowest BCUT2D eigenvalue weighted by Gasteiger charge is -2.15. The van der Waals surface area contributed by atoms with E-state index in [0.29, 0.717) is 17.3 Å². The molecule has 0 amide bonds. The van der Waals surface area contributed by atoms with Gasteiger partial charge >= 0.3 is 5.97 Å². The summed E-state index contributed by atoms with van der Waals surface area (Å²) in [5.41, 5.74) is 7.91. The molecular weight excluding hydrogens is 216 g/mol. The van der Waals surface area contributed by atoms with Crippen molar-refractivity contribution in [1.29, 1.82) is 0 Å². The van der Waals surface area contributed by atoms with Gasteiger partial charge in [0.2, 0.25) is 0 Å². The highest BCUT2D eigenvalue weighted by Gasteiger charge is 2.16. The average Bonchev–Trinajstić information content (AvgIpc) is 2.83. The zero-order valence-electron chi connectivity index (χ0n) is 10.0. The monoisotopic (exact) mass is 234 g/mol. The lowest BCUT2D eigenvalue weighted by Crippen LogP contribution is -2.16. The number of nitrogen functional groups attached to an aromatic ring is 1. The molecule has 0 bridgehead atoms. The molecule has 1 aliphatic rings. The molecule has 0 aromatic heterocycles. The van der Waals surface area contributed by atoms with Crippen molar-refractivity contribution in [3.63, 3.8) is 0 Å². The van der Waals surface area contributed by atoms with E-state index in [2.05, 4.69) is 10.1 Å². The summed E-state index contributed by atoms with van der Waals surface area (Å²) in [5, 5.41) is 3.42. The highest BCUT2D eigenvalue weighted by molar-refractivity contribution is 5.91. The van der Waals surface area contributed by atoms with Gasteiger partial charge in [-0.2, -0.15) is 0 Å². The van der Waals surface area contributed by atoms with Crippen LogP contribution in [-0.4, -0.2) is 19.1 Å². The first-order chi connectivity index (χ1) is 8.20. The molecule has 0 unspecified atom stereocenters. The van der Waals surface area contributed by atoms with Crippen LogP contribution in [0.4, 0.5) is 11.4 Å². The van der Waals surface area contributed by atoms with Gasteiger partial charge in [-0.05, 0) is 31.0 Å². The zero-order chi connectivity index (χ0) is 12.3.